The summed E-state index contributed by atoms with van der Waals surface area (Å²) in [6.45, 7) is 0. The van der Waals surface area contributed by atoms with Crippen molar-refractivity contribution in [3.63, 3.8) is 0 Å². The molecule has 0 amide bonds. The molecule has 172 valence electrons. The van der Waals surface area contributed by atoms with Gasteiger partial charge in [-0.1, -0.05) is 0 Å². The lowest BCUT2D eigenvalue weighted by atomic mass is 9.70. The Morgan fingerprint density at radius 2 is 0.793 bits per heavy atom. The Balaban J connectivity index is 3.13. The van der Waals surface area contributed by atoms with E-state index in [9.17, 15) is 79.0 Å². The molecule has 2 heterocycles. The first kappa shape index (κ1) is 24.0. The summed E-state index contributed by atoms with van der Waals surface area (Å²) in [4.78, 5) is -3.96. The predicted octanol–water partition coefficient (Wildman–Crippen LogP) is 5.32. The van der Waals surface area contributed by atoms with E-state index < -0.39 is 64.5 Å². The number of hydrogen-bond acceptors (Lipinski definition) is 1. The molecule has 0 N–H and O–H groups in total. The van der Waals surface area contributed by atoms with E-state index in [0.717, 1.165) is 0 Å². The van der Waals surface area contributed by atoms with Gasteiger partial charge in [-0.2, -0.15) is 79.5 Å². The van der Waals surface area contributed by atoms with Gasteiger partial charge in [0.25, 0.3) is 5.67 Å². The summed E-state index contributed by atoms with van der Waals surface area (Å²) >= 11 is 0. The minimum Gasteiger partial charge on any atom is -0.225 e. The van der Waals surface area contributed by atoms with Crippen molar-refractivity contribution in [1.29, 1.82) is 0 Å². The fourth-order valence-corrected chi connectivity index (χ4v) is 2.89. The van der Waals surface area contributed by atoms with Gasteiger partial charge >= 0.3 is 47.9 Å². The maximum absolute atomic E-state index is 14.1. The third kappa shape index (κ3) is 2.02. The lowest BCUT2D eigenvalue weighted by Crippen LogP contribution is -2.94. The van der Waals surface area contributed by atoms with Crippen molar-refractivity contribution in [3.05, 3.63) is 0 Å². The normalized spacial score (nSPS) is 38.9. The Bertz CT molecular complexity index is 696. The molecule has 0 aliphatic carbocycles. The highest BCUT2D eigenvalue weighted by atomic mass is 19.4. The predicted molar refractivity (Wildman–Crippen MR) is 50.1 cm³/mol. The average molecular weight is 477 g/mol. The molecule has 2 unspecified atom stereocenters. The Morgan fingerprint density at radius 3 is 1.10 bits per heavy atom. The number of rotatable bonds is 0. The Labute approximate surface area is 145 Å². The van der Waals surface area contributed by atoms with E-state index in [1.807, 2.05) is 0 Å². The highest BCUT2D eigenvalue weighted by molar-refractivity contribution is 5.30. The van der Waals surface area contributed by atoms with Gasteiger partial charge in [0.2, 0.25) is 0 Å². The highest BCUT2D eigenvalue weighted by Crippen LogP contribution is 2.73. The van der Waals surface area contributed by atoms with E-state index in [1.54, 1.807) is 0 Å². The maximum Gasteiger partial charge on any atom is 0.430 e. The number of nitrogens with zero attached hydrogens (tertiary/aromatic N) is 1. The molecule has 2 rings (SSSR count). The molecule has 2 aliphatic heterocycles. The zero-order valence-electron chi connectivity index (χ0n) is 12.3. The second-order valence-electron chi connectivity index (χ2n) is 5.99. The van der Waals surface area contributed by atoms with Crippen LogP contribution < -0.4 is 0 Å². The van der Waals surface area contributed by atoms with Crippen LogP contribution in [0.25, 0.3) is 0 Å². The molecule has 29 heavy (non-hydrogen) atoms. The van der Waals surface area contributed by atoms with Gasteiger partial charge in [-0.25, -0.2) is 4.39 Å². The first-order valence-electron chi connectivity index (χ1n) is 6.43. The van der Waals surface area contributed by atoms with E-state index in [1.165, 1.54) is 0 Å². The topological polar surface area (TPSA) is 3.24 Å². The van der Waals surface area contributed by atoms with Gasteiger partial charge in [-0.15, -0.1) is 0 Å². The summed E-state index contributed by atoms with van der Waals surface area (Å²) in [7, 11) is 0. The third-order valence-corrected chi connectivity index (χ3v) is 4.42. The van der Waals surface area contributed by atoms with Crippen molar-refractivity contribution in [3.8, 4) is 0 Å². The van der Waals surface area contributed by atoms with Crippen molar-refractivity contribution in [2.24, 2.45) is 0 Å². The number of hydrogen-bond donors (Lipinski definition) is 0. The van der Waals surface area contributed by atoms with Gasteiger partial charge in [-0.3, -0.25) is 0 Å². The summed E-state index contributed by atoms with van der Waals surface area (Å²) in [5, 5.41) is 0. The Morgan fingerprint density at radius 1 is 0.483 bits per heavy atom. The number of piperidine rings is 2. The minimum absolute atomic E-state index is 3.96. The van der Waals surface area contributed by atoms with Crippen LogP contribution in [0.15, 0.2) is 0 Å². The zero-order chi connectivity index (χ0) is 23.7. The molecule has 0 saturated carbocycles. The van der Waals surface area contributed by atoms with Crippen molar-refractivity contribution >= 4 is 0 Å². The Hall–Kier alpha value is -1.30. The zero-order valence-corrected chi connectivity index (χ0v) is 12.3. The lowest BCUT2D eigenvalue weighted by Gasteiger charge is -2.61. The molecule has 0 aromatic heterocycles. The van der Waals surface area contributed by atoms with Crippen molar-refractivity contribution in [2.75, 3.05) is 0 Å². The molecule has 2 saturated heterocycles. The van der Waals surface area contributed by atoms with Crippen LogP contribution in [0, 0.1) is 0 Å². The van der Waals surface area contributed by atoms with Crippen LogP contribution in [-0.2, 0) is 0 Å². The second-order valence-corrected chi connectivity index (χ2v) is 5.99. The van der Waals surface area contributed by atoms with Gasteiger partial charge in [0, 0.05) is 0 Å². The fraction of sp³-hybridized carbons (Fsp3) is 1.00. The van der Waals surface area contributed by atoms with E-state index in [4.69, 9.17) is 0 Å². The largest absolute Gasteiger partial charge is 0.430 e. The van der Waals surface area contributed by atoms with Crippen LogP contribution in [0.3, 0.4) is 0 Å². The van der Waals surface area contributed by atoms with Crippen molar-refractivity contribution in [2.45, 2.75) is 59.6 Å². The lowest BCUT2D eigenvalue weighted by molar-refractivity contribution is -0.550. The quantitative estimate of drug-likeness (QED) is 0.338. The van der Waals surface area contributed by atoms with Gasteiger partial charge in [0.05, 0.1) is 0 Å². The van der Waals surface area contributed by atoms with Gasteiger partial charge < -0.3 is 0 Å². The number of fused-ring (bicyclic) bond motifs is 1. The summed E-state index contributed by atoms with van der Waals surface area (Å²) in [6, 6.07) is -22.2. The van der Waals surface area contributed by atoms with Crippen LogP contribution in [-0.4, -0.2) is 64.5 Å². The minimum atomic E-state index is -8.11. The van der Waals surface area contributed by atoms with E-state index >= 15 is 0 Å². The van der Waals surface area contributed by atoms with Crippen molar-refractivity contribution < 1.29 is 79.0 Å². The summed E-state index contributed by atoms with van der Waals surface area (Å²) in [5.74, 6) is -39.6. The number of halogens is 18. The van der Waals surface area contributed by atoms with Crippen LogP contribution in [0.2, 0.25) is 0 Å². The highest BCUT2D eigenvalue weighted by Gasteiger charge is 3.04. The monoisotopic (exact) mass is 477 g/mol. The van der Waals surface area contributed by atoms with Crippen LogP contribution in [0.4, 0.5) is 79.0 Å². The van der Waals surface area contributed by atoms with Crippen molar-refractivity contribution in [1.82, 2.24) is 4.90 Å². The molecule has 0 aromatic carbocycles. The summed E-state index contributed by atoms with van der Waals surface area (Å²) in [6.07, 6.45) is -7.94. The van der Waals surface area contributed by atoms with Crippen LogP contribution in [0.1, 0.15) is 0 Å². The van der Waals surface area contributed by atoms with Gasteiger partial charge in [-0.05, 0) is 0 Å². The molecule has 1 nitrogen and oxygen atoms in total. The van der Waals surface area contributed by atoms with Gasteiger partial charge in [0.1, 0.15) is 6.04 Å². The summed E-state index contributed by atoms with van der Waals surface area (Å²) in [5.41, 5.74) is -7.97. The standard InChI is InChI=1S/C10HF18N/c11-2(8(22,23)24)1-3(12,13)5(16,17)7(20,21)10(27,28)29(1)9(25,26)6(18,19)4(2,14)15/h1H. The maximum atomic E-state index is 14.1. The molecule has 2 atom stereocenters. The average Bonchev–Trinajstić information content (AvgIpc) is 2.46. The van der Waals surface area contributed by atoms with E-state index in [-0.39, 0.29) is 0 Å². The molecule has 2 fully saturated rings. The molecule has 2 aliphatic rings. The smallest absolute Gasteiger partial charge is 0.225 e. The Kier molecular flexibility index (Phi) is 4.23. The first-order chi connectivity index (χ1) is 12.2. The third-order valence-electron chi connectivity index (χ3n) is 4.42. The first-order valence-corrected chi connectivity index (χ1v) is 6.43. The SMILES string of the molecule is FC(F)(F)C1(F)C2N(C(F)(F)C(F)(F)C(F)(F)C2(F)F)C(F)(F)C(F)(F)C1(F)F. The molecule has 0 aromatic rings. The van der Waals surface area contributed by atoms with Gasteiger partial charge in [0.15, 0.2) is 0 Å². The van der Waals surface area contributed by atoms with E-state index in [2.05, 4.69) is 0 Å². The second kappa shape index (κ2) is 5.12. The van der Waals surface area contributed by atoms with Crippen LogP contribution in [0.5, 0.6) is 0 Å². The summed E-state index contributed by atoms with van der Waals surface area (Å²) < 4.78 is 240. The molecule has 19 heteroatoms. The number of alkyl halides is 18. The fourth-order valence-electron chi connectivity index (χ4n) is 2.89. The van der Waals surface area contributed by atoms with E-state index in [0.29, 0.717) is 0 Å². The molecular formula is C10HF18N. The molecule has 0 bridgehead atoms. The van der Waals surface area contributed by atoms with Crippen LogP contribution >= 0.6 is 0 Å². The molecule has 0 radical (unpaired) electrons. The molecule has 0 spiro atoms. The molecular weight excluding hydrogens is 476 g/mol.